The molecule has 2 aromatic rings. The van der Waals surface area contributed by atoms with Gasteiger partial charge in [-0.3, -0.25) is 9.48 Å². The zero-order chi connectivity index (χ0) is 16.9. The number of likely N-dealkylation sites (tertiary alicyclic amines) is 1. The number of amides is 1. The van der Waals surface area contributed by atoms with Crippen LogP contribution in [0.15, 0.2) is 6.07 Å². The van der Waals surface area contributed by atoms with Crippen molar-refractivity contribution < 1.29 is 14.3 Å². The number of nitrogens with zero attached hydrogens (tertiary/aromatic N) is 4. The van der Waals surface area contributed by atoms with Gasteiger partial charge >= 0.3 is 0 Å². The maximum Gasteiger partial charge on any atom is 0.254 e. The lowest BCUT2D eigenvalue weighted by Gasteiger charge is -2.37. The van der Waals surface area contributed by atoms with Crippen LogP contribution in [0, 0.1) is 13.8 Å². The van der Waals surface area contributed by atoms with Crippen LogP contribution in [0.5, 0.6) is 0 Å². The molecule has 0 saturated carbocycles. The Kier molecular flexibility index (Phi) is 3.58. The van der Waals surface area contributed by atoms with Gasteiger partial charge in [0.2, 0.25) is 0 Å². The van der Waals surface area contributed by atoms with E-state index >= 15 is 0 Å². The first kappa shape index (κ1) is 15.5. The van der Waals surface area contributed by atoms with Crippen molar-refractivity contribution in [3.05, 3.63) is 23.0 Å². The Hall–Kier alpha value is -1.99. The Balaban J connectivity index is 1.64. The number of ether oxygens (including phenoxy) is 2. The SMILES string of the molecule is Cc1cc(C(=O)N2CCC3(CC2)OCCO3)c2c(C)nn(C)c2n1. The molecule has 1 spiro atoms. The van der Waals surface area contributed by atoms with Crippen LogP contribution in [0.2, 0.25) is 0 Å². The van der Waals surface area contributed by atoms with Gasteiger partial charge in [0.1, 0.15) is 0 Å². The number of hydrogen-bond acceptors (Lipinski definition) is 5. The minimum Gasteiger partial charge on any atom is -0.347 e. The summed E-state index contributed by atoms with van der Waals surface area (Å²) in [5.41, 5.74) is 3.10. The van der Waals surface area contributed by atoms with E-state index in [-0.39, 0.29) is 5.91 Å². The van der Waals surface area contributed by atoms with Gasteiger partial charge in [-0.1, -0.05) is 0 Å². The lowest BCUT2D eigenvalue weighted by molar-refractivity contribution is -0.181. The standard InChI is InChI=1S/C17H22N4O3/c1-11-10-13(14-12(2)19-20(3)15(14)18-11)16(22)21-6-4-17(5-7-21)23-8-9-24-17/h10H,4-9H2,1-3H3. The van der Waals surface area contributed by atoms with Gasteiger partial charge in [-0.2, -0.15) is 5.10 Å². The van der Waals surface area contributed by atoms with E-state index in [1.54, 1.807) is 4.68 Å². The molecule has 7 heteroatoms. The molecule has 2 aliphatic heterocycles. The average molecular weight is 330 g/mol. The molecule has 0 unspecified atom stereocenters. The molecular weight excluding hydrogens is 308 g/mol. The van der Waals surface area contributed by atoms with E-state index in [2.05, 4.69) is 10.1 Å². The number of pyridine rings is 1. The Labute approximate surface area is 140 Å². The number of aryl methyl sites for hydroxylation is 3. The van der Waals surface area contributed by atoms with Gasteiger partial charge in [-0.15, -0.1) is 0 Å². The topological polar surface area (TPSA) is 69.5 Å². The van der Waals surface area contributed by atoms with E-state index in [4.69, 9.17) is 9.47 Å². The number of piperidine rings is 1. The van der Waals surface area contributed by atoms with Gasteiger partial charge in [-0.05, 0) is 19.9 Å². The zero-order valence-corrected chi connectivity index (χ0v) is 14.3. The van der Waals surface area contributed by atoms with Crippen molar-refractivity contribution in [1.82, 2.24) is 19.7 Å². The molecule has 0 aromatic carbocycles. The van der Waals surface area contributed by atoms with E-state index in [0.29, 0.717) is 31.9 Å². The molecule has 0 bridgehead atoms. The molecule has 0 N–H and O–H groups in total. The first-order chi connectivity index (χ1) is 11.5. The van der Waals surface area contributed by atoms with Crippen molar-refractivity contribution in [2.75, 3.05) is 26.3 Å². The second-order valence-corrected chi connectivity index (χ2v) is 6.62. The molecule has 24 heavy (non-hydrogen) atoms. The smallest absolute Gasteiger partial charge is 0.254 e. The van der Waals surface area contributed by atoms with E-state index in [9.17, 15) is 4.79 Å². The number of carbonyl (C=O) groups excluding carboxylic acids is 1. The van der Waals surface area contributed by atoms with Gasteiger partial charge in [0, 0.05) is 38.7 Å². The van der Waals surface area contributed by atoms with Crippen LogP contribution in [0.3, 0.4) is 0 Å². The maximum absolute atomic E-state index is 13.1. The summed E-state index contributed by atoms with van der Waals surface area (Å²) >= 11 is 0. The van der Waals surface area contributed by atoms with Crippen molar-refractivity contribution in [3.63, 3.8) is 0 Å². The monoisotopic (exact) mass is 330 g/mol. The van der Waals surface area contributed by atoms with Gasteiger partial charge in [-0.25, -0.2) is 4.98 Å². The van der Waals surface area contributed by atoms with Gasteiger partial charge in [0.15, 0.2) is 11.4 Å². The van der Waals surface area contributed by atoms with Crippen LogP contribution >= 0.6 is 0 Å². The number of hydrogen-bond donors (Lipinski definition) is 0. The zero-order valence-electron chi connectivity index (χ0n) is 14.3. The third-order valence-electron chi connectivity index (χ3n) is 4.95. The summed E-state index contributed by atoms with van der Waals surface area (Å²) in [7, 11) is 1.86. The summed E-state index contributed by atoms with van der Waals surface area (Å²) in [5.74, 6) is -0.431. The molecule has 1 amide bonds. The average Bonchev–Trinajstić information content (AvgIpc) is 3.12. The summed E-state index contributed by atoms with van der Waals surface area (Å²) in [6.45, 7) is 6.40. The van der Waals surface area contributed by atoms with Crippen molar-refractivity contribution in [2.24, 2.45) is 7.05 Å². The van der Waals surface area contributed by atoms with E-state index in [1.165, 1.54) is 0 Å². The van der Waals surface area contributed by atoms with Gasteiger partial charge in [0.05, 0.1) is 29.9 Å². The van der Waals surface area contributed by atoms with E-state index in [0.717, 1.165) is 35.3 Å². The summed E-state index contributed by atoms with van der Waals surface area (Å²) in [5, 5.41) is 5.27. The number of carbonyl (C=O) groups is 1. The predicted molar refractivity (Wildman–Crippen MR) is 87.8 cm³/mol. The highest BCUT2D eigenvalue weighted by atomic mass is 16.7. The lowest BCUT2D eigenvalue weighted by Crippen LogP contribution is -2.47. The molecule has 0 atom stereocenters. The van der Waals surface area contributed by atoms with Crippen molar-refractivity contribution in [1.29, 1.82) is 0 Å². The fourth-order valence-corrected chi connectivity index (χ4v) is 3.75. The molecule has 0 radical (unpaired) electrons. The van der Waals surface area contributed by atoms with Crippen molar-refractivity contribution in [2.45, 2.75) is 32.5 Å². The van der Waals surface area contributed by atoms with Crippen LogP contribution in [0.1, 0.15) is 34.6 Å². The Morgan fingerprint density at radius 3 is 2.54 bits per heavy atom. The van der Waals surface area contributed by atoms with Crippen LogP contribution in [0.25, 0.3) is 11.0 Å². The van der Waals surface area contributed by atoms with Crippen molar-refractivity contribution in [3.8, 4) is 0 Å². The van der Waals surface area contributed by atoms with Crippen molar-refractivity contribution >= 4 is 16.9 Å². The highest BCUT2D eigenvalue weighted by molar-refractivity contribution is 6.06. The molecule has 128 valence electrons. The van der Waals surface area contributed by atoms with Gasteiger partial charge < -0.3 is 14.4 Å². The van der Waals surface area contributed by atoms with Crippen LogP contribution in [-0.2, 0) is 16.5 Å². The highest BCUT2D eigenvalue weighted by Crippen LogP contribution is 2.32. The number of rotatable bonds is 1. The number of fused-ring (bicyclic) bond motifs is 1. The minimum atomic E-state index is -0.468. The molecule has 2 aliphatic rings. The van der Waals surface area contributed by atoms with Crippen LogP contribution < -0.4 is 0 Å². The van der Waals surface area contributed by atoms with Gasteiger partial charge in [0.25, 0.3) is 5.91 Å². The second-order valence-electron chi connectivity index (χ2n) is 6.62. The molecule has 7 nitrogen and oxygen atoms in total. The summed E-state index contributed by atoms with van der Waals surface area (Å²) < 4.78 is 13.2. The summed E-state index contributed by atoms with van der Waals surface area (Å²) in [4.78, 5) is 19.5. The molecule has 0 aliphatic carbocycles. The predicted octanol–water partition coefficient (Wildman–Crippen LogP) is 1.56. The molecule has 2 aromatic heterocycles. The maximum atomic E-state index is 13.1. The molecule has 2 saturated heterocycles. The van der Waals surface area contributed by atoms with E-state index in [1.807, 2.05) is 31.9 Å². The Morgan fingerprint density at radius 2 is 1.88 bits per heavy atom. The molecular formula is C17H22N4O3. The third-order valence-corrected chi connectivity index (χ3v) is 4.95. The second kappa shape index (κ2) is 5.53. The lowest BCUT2D eigenvalue weighted by atomic mass is 10.0. The van der Waals surface area contributed by atoms with Crippen LogP contribution in [0.4, 0.5) is 0 Å². The van der Waals surface area contributed by atoms with E-state index < -0.39 is 5.79 Å². The highest BCUT2D eigenvalue weighted by Gasteiger charge is 2.41. The Morgan fingerprint density at radius 1 is 1.21 bits per heavy atom. The van der Waals surface area contributed by atoms with Crippen LogP contribution in [-0.4, -0.2) is 57.7 Å². The molecule has 4 rings (SSSR count). The summed E-state index contributed by atoms with van der Waals surface area (Å²) in [6, 6.07) is 1.87. The summed E-state index contributed by atoms with van der Waals surface area (Å²) in [6.07, 6.45) is 1.44. The molecule has 2 fully saturated rings. The quantitative estimate of drug-likeness (QED) is 0.794. The molecule has 4 heterocycles. The third kappa shape index (κ3) is 2.39. The normalized spacial score (nSPS) is 20.2. The Bertz CT molecular complexity index is 798. The first-order valence-electron chi connectivity index (χ1n) is 8.37. The number of aromatic nitrogens is 3. The largest absolute Gasteiger partial charge is 0.347 e. The first-order valence-corrected chi connectivity index (χ1v) is 8.37. The minimum absolute atomic E-state index is 0.0365. The fraction of sp³-hybridized carbons (Fsp3) is 0.588. The fourth-order valence-electron chi connectivity index (χ4n) is 3.75.